The first-order chi connectivity index (χ1) is 6.45. The molecule has 14 heavy (non-hydrogen) atoms. The minimum Gasteiger partial charge on any atom is -0.507 e. The van der Waals surface area contributed by atoms with E-state index >= 15 is 0 Å². The van der Waals surface area contributed by atoms with Gasteiger partial charge in [-0.2, -0.15) is 0 Å². The zero-order chi connectivity index (χ0) is 10.9. The van der Waals surface area contributed by atoms with Gasteiger partial charge in [0.1, 0.15) is 11.3 Å². The Hall–Kier alpha value is -2.11. The second kappa shape index (κ2) is 3.33. The lowest BCUT2D eigenvalue weighted by Crippen LogP contribution is -2.08. The van der Waals surface area contributed by atoms with Crippen molar-refractivity contribution in [1.29, 1.82) is 0 Å². The van der Waals surface area contributed by atoms with E-state index in [1.165, 1.54) is 0 Å². The molecular weight excluding hydrogens is 195 g/mol. The van der Waals surface area contributed by atoms with Gasteiger partial charge < -0.3 is 15.3 Å². The van der Waals surface area contributed by atoms with Crippen LogP contribution < -0.4 is 0 Å². The van der Waals surface area contributed by atoms with Gasteiger partial charge in [-0.05, 0) is 12.1 Å². The number of carboxylic acid groups (broad SMARTS) is 2. The van der Waals surface area contributed by atoms with Crippen LogP contribution in [-0.4, -0.2) is 27.3 Å². The summed E-state index contributed by atoms with van der Waals surface area (Å²) in [5.74, 6) is -5.57. The van der Waals surface area contributed by atoms with Gasteiger partial charge in [0.05, 0.1) is 5.56 Å². The minimum absolute atomic E-state index is 0.791. The number of hydrogen-bond acceptors (Lipinski definition) is 3. The van der Waals surface area contributed by atoms with Crippen molar-refractivity contribution in [2.45, 2.75) is 0 Å². The van der Waals surface area contributed by atoms with Crippen LogP contribution in [0.3, 0.4) is 0 Å². The van der Waals surface area contributed by atoms with Crippen molar-refractivity contribution in [2.75, 3.05) is 0 Å². The lowest BCUT2D eigenvalue weighted by Gasteiger charge is -2.03. The molecule has 3 N–H and O–H groups in total. The fraction of sp³-hybridized carbons (Fsp3) is 0. The largest absolute Gasteiger partial charge is 0.507 e. The normalized spacial score (nSPS) is 9.79. The monoisotopic (exact) mass is 200 g/mol. The van der Waals surface area contributed by atoms with Gasteiger partial charge in [0.15, 0.2) is 5.82 Å². The van der Waals surface area contributed by atoms with Crippen LogP contribution >= 0.6 is 0 Å². The highest BCUT2D eigenvalue weighted by atomic mass is 19.1. The summed E-state index contributed by atoms with van der Waals surface area (Å²) in [5, 5.41) is 25.9. The molecule has 1 rings (SSSR count). The Balaban J connectivity index is 3.49. The average molecular weight is 200 g/mol. The molecule has 0 bridgehead atoms. The fourth-order valence-corrected chi connectivity index (χ4v) is 0.934. The van der Waals surface area contributed by atoms with Crippen LogP contribution in [0.4, 0.5) is 4.39 Å². The van der Waals surface area contributed by atoms with Crippen LogP contribution in [0.2, 0.25) is 0 Å². The van der Waals surface area contributed by atoms with E-state index in [9.17, 15) is 14.0 Å². The van der Waals surface area contributed by atoms with E-state index in [0.717, 1.165) is 12.1 Å². The summed E-state index contributed by atoms with van der Waals surface area (Å²) in [5.41, 5.74) is -1.83. The molecule has 0 saturated heterocycles. The molecule has 5 nitrogen and oxygen atoms in total. The molecule has 0 spiro atoms. The third-order valence-corrected chi connectivity index (χ3v) is 1.56. The molecule has 74 valence electrons. The van der Waals surface area contributed by atoms with Crippen LogP contribution in [0.5, 0.6) is 5.75 Å². The molecule has 0 atom stereocenters. The Morgan fingerprint density at radius 2 is 1.71 bits per heavy atom. The van der Waals surface area contributed by atoms with Crippen molar-refractivity contribution in [1.82, 2.24) is 0 Å². The van der Waals surface area contributed by atoms with Gasteiger partial charge >= 0.3 is 11.9 Å². The second-order valence-electron chi connectivity index (χ2n) is 2.43. The maximum Gasteiger partial charge on any atom is 0.342 e. The number of rotatable bonds is 2. The van der Waals surface area contributed by atoms with Gasteiger partial charge in [-0.15, -0.1) is 0 Å². The van der Waals surface area contributed by atoms with Crippen molar-refractivity contribution in [3.63, 3.8) is 0 Å². The van der Waals surface area contributed by atoms with Gasteiger partial charge in [0.25, 0.3) is 0 Å². The summed E-state index contributed by atoms with van der Waals surface area (Å²) in [4.78, 5) is 20.8. The Kier molecular flexibility index (Phi) is 2.37. The molecule has 0 aliphatic rings. The predicted molar refractivity (Wildman–Crippen MR) is 42.0 cm³/mol. The zero-order valence-electron chi connectivity index (χ0n) is 6.69. The maximum atomic E-state index is 13.1. The van der Waals surface area contributed by atoms with Gasteiger partial charge in [-0.25, -0.2) is 14.0 Å². The van der Waals surface area contributed by atoms with E-state index in [1.807, 2.05) is 0 Å². The second-order valence-corrected chi connectivity index (χ2v) is 2.43. The molecule has 0 saturated carbocycles. The number of carboxylic acids is 2. The van der Waals surface area contributed by atoms with E-state index in [2.05, 4.69) is 0 Å². The van der Waals surface area contributed by atoms with Crippen molar-refractivity contribution in [3.05, 3.63) is 29.1 Å². The molecule has 0 aliphatic heterocycles. The molecule has 1 aromatic rings. The number of phenols is 1. The third kappa shape index (κ3) is 1.49. The molecule has 1 aromatic carbocycles. The van der Waals surface area contributed by atoms with E-state index < -0.39 is 34.6 Å². The summed E-state index contributed by atoms with van der Waals surface area (Å²) < 4.78 is 13.1. The Labute approximate surface area is 77.0 Å². The molecule has 0 unspecified atom stereocenters. The van der Waals surface area contributed by atoms with Crippen molar-refractivity contribution >= 4 is 11.9 Å². The Morgan fingerprint density at radius 3 is 2.14 bits per heavy atom. The molecule has 0 fully saturated rings. The first-order valence-corrected chi connectivity index (χ1v) is 3.43. The number of halogens is 1. The SMILES string of the molecule is O=C(O)c1ccc(O)c(C(=O)O)c1F. The fourth-order valence-electron chi connectivity index (χ4n) is 0.934. The van der Waals surface area contributed by atoms with Crippen molar-refractivity contribution in [3.8, 4) is 5.75 Å². The van der Waals surface area contributed by atoms with Gasteiger partial charge in [-0.3, -0.25) is 0 Å². The maximum absolute atomic E-state index is 13.1. The van der Waals surface area contributed by atoms with Crippen LogP contribution in [0.15, 0.2) is 12.1 Å². The summed E-state index contributed by atoms with van der Waals surface area (Å²) in [6.07, 6.45) is 0. The smallest absolute Gasteiger partial charge is 0.342 e. The minimum atomic E-state index is -1.72. The lowest BCUT2D eigenvalue weighted by molar-refractivity contribution is 0.0685. The Morgan fingerprint density at radius 1 is 1.14 bits per heavy atom. The highest BCUT2D eigenvalue weighted by Crippen LogP contribution is 2.23. The van der Waals surface area contributed by atoms with E-state index in [1.54, 1.807) is 0 Å². The number of benzene rings is 1. The first kappa shape index (κ1) is 9.97. The predicted octanol–water partition coefficient (Wildman–Crippen LogP) is 0.928. The third-order valence-electron chi connectivity index (χ3n) is 1.56. The van der Waals surface area contributed by atoms with Gasteiger partial charge in [0.2, 0.25) is 0 Å². The quantitative estimate of drug-likeness (QED) is 0.659. The van der Waals surface area contributed by atoms with Crippen LogP contribution in [-0.2, 0) is 0 Å². The molecule has 0 aliphatic carbocycles. The standard InChI is InChI=1S/C8H5FO5/c9-6-3(7(11)12)1-2-4(10)5(6)8(13)14/h1-2,10H,(H,11,12)(H,13,14). The van der Waals surface area contributed by atoms with E-state index in [-0.39, 0.29) is 0 Å². The first-order valence-electron chi connectivity index (χ1n) is 3.43. The van der Waals surface area contributed by atoms with Crippen LogP contribution in [0.25, 0.3) is 0 Å². The number of aromatic hydroxyl groups is 1. The summed E-state index contributed by atoms with van der Waals surface area (Å²) in [7, 11) is 0. The number of hydrogen-bond donors (Lipinski definition) is 3. The summed E-state index contributed by atoms with van der Waals surface area (Å²) in [6.45, 7) is 0. The summed E-state index contributed by atoms with van der Waals surface area (Å²) in [6, 6.07) is 1.61. The number of carbonyl (C=O) groups is 2. The molecule has 0 aromatic heterocycles. The molecule has 0 radical (unpaired) electrons. The molecule has 6 heteroatoms. The van der Waals surface area contributed by atoms with E-state index in [4.69, 9.17) is 15.3 Å². The highest BCUT2D eigenvalue weighted by Gasteiger charge is 2.22. The highest BCUT2D eigenvalue weighted by molar-refractivity contribution is 5.96. The molecule has 0 amide bonds. The summed E-state index contributed by atoms with van der Waals surface area (Å²) >= 11 is 0. The van der Waals surface area contributed by atoms with Crippen molar-refractivity contribution in [2.24, 2.45) is 0 Å². The van der Waals surface area contributed by atoms with Crippen LogP contribution in [0.1, 0.15) is 20.7 Å². The van der Waals surface area contributed by atoms with Crippen LogP contribution in [0, 0.1) is 5.82 Å². The topological polar surface area (TPSA) is 94.8 Å². The van der Waals surface area contributed by atoms with Gasteiger partial charge in [0, 0.05) is 0 Å². The lowest BCUT2D eigenvalue weighted by atomic mass is 10.1. The molecular formula is C8H5FO5. The van der Waals surface area contributed by atoms with E-state index in [0.29, 0.717) is 0 Å². The van der Waals surface area contributed by atoms with Gasteiger partial charge in [-0.1, -0.05) is 0 Å². The van der Waals surface area contributed by atoms with Crippen molar-refractivity contribution < 1.29 is 29.3 Å². The molecule has 0 heterocycles. The number of aromatic carboxylic acids is 2. The Bertz CT molecular complexity index is 412. The average Bonchev–Trinajstić information content (AvgIpc) is 2.02. The zero-order valence-corrected chi connectivity index (χ0v) is 6.69.